The quantitative estimate of drug-likeness (QED) is 0.296. The van der Waals surface area contributed by atoms with Crippen molar-refractivity contribution in [1.82, 2.24) is 5.32 Å². The first-order chi connectivity index (χ1) is 11.5. The number of anilines is 1. The topological polar surface area (TPSA) is 99.7 Å². The molecule has 1 saturated carbocycles. The Morgan fingerprint density at radius 1 is 1.21 bits per heavy atom. The molecule has 7 heteroatoms. The largest absolute Gasteiger partial charge is 0.409 e. The van der Waals surface area contributed by atoms with Crippen LogP contribution in [0.1, 0.15) is 24.0 Å². The van der Waals surface area contributed by atoms with Gasteiger partial charge in [0.15, 0.2) is 5.84 Å². The van der Waals surface area contributed by atoms with Crippen LogP contribution in [-0.2, 0) is 5.54 Å². The van der Waals surface area contributed by atoms with E-state index in [9.17, 15) is 4.79 Å². The fourth-order valence-corrected chi connectivity index (χ4v) is 2.68. The van der Waals surface area contributed by atoms with Gasteiger partial charge in [0.25, 0.3) is 0 Å². The smallest absolute Gasteiger partial charge is 0.319 e. The van der Waals surface area contributed by atoms with Crippen LogP contribution < -0.4 is 16.4 Å². The minimum absolute atomic E-state index is 0.0401. The van der Waals surface area contributed by atoms with E-state index in [0.717, 1.165) is 18.4 Å². The first kappa shape index (κ1) is 16.1. The number of hydrogen-bond donors (Lipinski definition) is 4. The molecule has 0 saturated heterocycles. The number of amides is 2. The molecule has 24 heavy (non-hydrogen) atoms. The second-order valence-electron chi connectivity index (χ2n) is 5.73. The summed E-state index contributed by atoms with van der Waals surface area (Å²) in [6.07, 6.45) is 1.67. The lowest BCUT2D eigenvalue weighted by Gasteiger charge is -2.19. The molecular weight excluding hydrogens is 328 g/mol. The van der Waals surface area contributed by atoms with E-state index >= 15 is 0 Å². The Morgan fingerprint density at radius 2 is 1.92 bits per heavy atom. The number of benzene rings is 2. The van der Waals surface area contributed by atoms with Gasteiger partial charge in [0.1, 0.15) is 0 Å². The maximum atomic E-state index is 12.3. The Labute approximate surface area is 144 Å². The molecule has 1 aliphatic rings. The molecule has 6 nitrogen and oxygen atoms in total. The van der Waals surface area contributed by atoms with Crippen molar-refractivity contribution in [2.75, 3.05) is 5.32 Å². The van der Waals surface area contributed by atoms with Crippen LogP contribution in [0.15, 0.2) is 53.7 Å². The van der Waals surface area contributed by atoms with Crippen molar-refractivity contribution in [1.29, 1.82) is 0 Å². The highest BCUT2D eigenvalue weighted by atomic mass is 35.5. The number of rotatable bonds is 4. The van der Waals surface area contributed by atoms with Gasteiger partial charge in [0.2, 0.25) is 0 Å². The van der Waals surface area contributed by atoms with E-state index < -0.39 is 5.54 Å². The van der Waals surface area contributed by atoms with Gasteiger partial charge in [-0.05, 0) is 48.7 Å². The van der Waals surface area contributed by atoms with E-state index in [1.807, 2.05) is 18.2 Å². The molecule has 0 aromatic heterocycles. The number of carbonyl (C=O) groups is 1. The van der Waals surface area contributed by atoms with Crippen LogP contribution in [0.5, 0.6) is 0 Å². The summed E-state index contributed by atoms with van der Waals surface area (Å²) in [5.74, 6) is 0.0401. The molecular formula is C17H17ClN4O2. The SMILES string of the molecule is N/C(=N\O)c1cccc(C2(NC(=O)Nc3ccc(Cl)cc3)CC2)c1. The Bertz CT molecular complexity index is 785. The highest BCUT2D eigenvalue weighted by molar-refractivity contribution is 6.30. The summed E-state index contributed by atoms with van der Waals surface area (Å²) in [6.45, 7) is 0. The maximum Gasteiger partial charge on any atom is 0.319 e. The number of hydrogen-bond acceptors (Lipinski definition) is 3. The molecule has 0 aliphatic heterocycles. The van der Waals surface area contributed by atoms with E-state index in [1.54, 1.807) is 30.3 Å². The van der Waals surface area contributed by atoms with Gasteiger partial charge in [-0.2, -0.15) is 0 Å². The predicted molar refractivity (Wildman–Crippen MR) is 93.5 cm³/mol. The summed E-state index contributed by atoms with van der Waals surface area (Å²) >= 11 is 5.83. The Morgan fingerprint density at radius 3 is 2.54 bits per heavy atom. The van der Waals surface area contributed by atoms with Gasteiger partial charge >= 0.3 is 6.03 Å². The maximum absolute atomic E-state index is 12.3. The van der Waals surface area contributed by atoms with Crippen LogP contribution in [-0.4, -0.2) is 17.1 Å². The van der Waals surface area contributed by atoms with Crippen molar-refractivity contribution in [2.24, 2.45) is 10.9 Å². The Balaban J connectivity index is 1.72. The summed E-state index contributed by atoms with van der Waals surface area (Å²) in [5.41, 5.74) is 7.42. The van der Waals surface area contributed by atoms with Crippen molar-refractivity contribution in [3.8, 4) is 0 Å². The van der Waals surface area contributed by atoms with Crippen LogP contribution in [0.3, 0.4) is 0 Å². The summed E-state index contributed by atoms with van der Waals surface area (Å²) in [5, 5.41) is 18.2. The number of urea groups is 1. The molecule has 2 aromatic rings. The molecule has 0 heterocycles. The summed E-state index contributed by atoms with van der Waals surface area (Å²) in [6, 6.07) is 13.9. The zero-order chi connectivity index (χ0) is 17.2. The summed E-state index contributed by atoms with van der Waals surface area (Å²) < 4.78 is 0. The Kier molecular flexibility index (Phi) is 4.31. The monoisotopic (exact) mass is 344 g/mol. The number of nitrogens with one attached hydrogen (secondary N) is 2. The highest BCUT2D eigenvalue weighted by Gasteiger charge is 2.45. The molecule has 0 unspecified atom stereocenters. The third kappa shape index (κ3) is 3.44. The molecule has 0 atom stereocenters. The van der Waals surface area contributed by atoms with Crippen molar-refractivity contribution >= 4 is 29.2 Å². The fraction of sp³-hybridized carbons (Fsp3) is 0.176. The van der Waals surface area contributed by atoms with Gasteiger partial charge in [-0.15, -0.1) is 0 Å². The van der Waals surface area contributed by atoms with Gasteiger partial charge in [-0.25, -0.2) is 4.79 Å². The first-order valence-corrected chi connectivity index (χ1v) is 7.83. The van der Waals surface area contributed by atoms with Gasteiger partial charge < -0.3 is 21.6 Å². The molecule has 3 rings (SSSR count). The average molecular weight is 345 g/mol. The predicted octanol–water partition coefficient (Wildman–Crippen LogP) is 3.25. The van der Waals surface area contributed by atoms with Crippen molar-refractivity contribution in [2.45, 2.75) is 18.4 Å². The number of amidine groups is 1. The number of carbonyl (C=O) groups excluding carboxylic acids is 1. The number of oxime groups is 1. The van der Waals surface area contributed by atoms with Gasteiger partial charge in [-0.3, -0.25) is 0 Å². The molecule has 0 bridgehead atoms. The second-order valence-corrected chi connectivity index (χ2v) is 6.17. The van der Waals surface area contributed by atoms with Gasteiger partial charge in [-0.1, -0.05) is 35.0 Å². The van der Waals surface area contributed by atoms with E-state index in [0.29, 0.717) is 16.3 Å². The zero-order valence-electron chi connectivity index (χ0n) is 12.8. The second kappa shape index (κ2) is 6.41. The molecule has 1 aliphatic carbocycles. The average Bonchev–Trinajstić information content (AvgIpc) is 3.37. The minimum atomic E-state index is -0.414. The molecule has 0 spiro atoms. The van der Waals surface area contributed by atoms with Gasteiger partial charge in [0.05, 0.1) is 5.54 Å². The molecule has 5 N–H and O–H groups in total. The van der Waals surface area contributed by atoms with Crippen LogP contribution >= 0.6 is 11.6 Å². The lowest BCUT2D eigenvalue weighted by molar-refractivity contribution is 0.247. The molecule has 2 aromatic carbocycles. The first-order valence-electron chi connectivity index (χ1n) is 7.46. The van der Waals surface area contributed by atoms with Crippen molar-refractivity contribution in [3.05, 3.63) is 64.7 Å². The third-order valence-corrected chi connectivity index (χ3v) is 4.28. The lowest BCUT2D eigenvalue weighted by Crippen LogP contribution is -2.38. The van der Waals surface area contributed by atoms with Crippen molar-refractivity contribution < 1.29 is 10.0 Å². The third-order valence-electron chi connectivity index (χ3n) is 4.02. The summed E-state index contributed by atoms with van der Waals surface area (Å²) in [4.78, 5) is 12.3. The zero-order valence-corrected chi connectivity index (χ0v) is 13.5. The van der Waals surface area contributed by atoms with E-state index in [2.05, 4.69) is 15.8 Å². The van der Waals surface area contributed by atoms with Crippen LogP contribution in [0.4, 0.5) is 10.5 Å². The number of halogens is 1. The fourth-order valence-electron chi connectivity index (χ4n) is 2.56. The van der Waals surface area contributed by atoms with E-state index in [1.165, 1.54) is 0 Å². The summed E-state index contributed by atoms with van der Waals surface area (Å²) in [7, 11) is 0. The van der Waals surface area contributed by atoms with Gasteiger partial charge in [0, 0.05) is 16.3 Å². The normalized spacial score (nSPS) is 15.6. The standard InChI is InChI=1S/C17H17ClN4O2/c18-13-4-6-14(7-5-13)20-16(23)21-17(8-9-17)12-3-1-2-11(10-12)15(19)22-24/h1-7,10,24H,8-9H2,(H2,19,22)(H2,20,21,23). The lowest BCUT2D eigenvalue weighted by atomic mass is 10.0. The van der Waals surface area contributed by atoms with Crippen LogP contribution in [0, 0.1) is 0 Å². The minimum Gasteiger partial charge on any atom is -0.409 e. The number of nitrogens with two attached hydrogens (primary N) is 1. The molecule has 0 radical (unpaired) electrons. The van der Waals surface area contributed by atoms with E-state index in [4.69, 9.17) is 22.5 Å². The van der Waals surface area contributed by atoms with E-state index in [-0.39, 0.29) is 11.9 Å². The number of nitrogens with zero attached hydrogens (tertiary/aromatic N) is 1. The highest BCUT2D eigenvalue weighted by Crippen LogP contribution is 2.45. The molecule has 2 amide bonds. The van der Waals surface area contributed by atoms with Crippen LogP contribution in [0.2, 0.25) is 5.02 Å². The molecule has 1 fully saturated rings. The van der Waals surface area contributed by atoms with Crippen molar-refractivity contribution in [3.63, 3.8) is 0 Å². The Hall–Kier alpha value is -2.73. The molecule has 124 valence electrons. The van der Waals surface area contributed by atoms with Crippen LogP contribution in [0.25, 0.3) is 0 Å².